The first kappa shape index (κ1) is 25.2. The maximum Gasteiger partial charge on any atom is 0.350 e. The van der Waals surface area contributed by atoms with Crippen molar-refractivity contribution in [2.75, 3.05) is 18.9 Å². The molecule has 2 aliphatic heterocycles. The van der Waals surface area contributed by atoms with Crippen LogP contribution in [0.5, 0.6) is 0 Å². The van der Waals surface area contributed by atoms with Gasteiger partial charge in [0, 0.05) is 12.6 Å². The van der Waals surface area contributed by atoms with Crippen LogP contribution in [0.1, 0.15) is 18.7 Å². The number of nitrogen functional groups attached to an aromatic ring is 1. The minimum Gasteiger partial charge on any atom is -0.756 e. The van der Waals surface area contributed by atoms with Gasteiger partial charge in [-0.15, -0.1) is 11.8 Å². The van der Waals surface area contributed by atoms with Crippen molar-refractivity contribution in [2.45, 2.75) is 54.6 Å². The number of phosphoric ester groups is 1. The van der Waals surface area contributed by atoms with Gasteiger partial charge in [0.15, 0.2) is 6.17 Å². The van der Waals surface area contributed by atoms with Crippen LogP contribution in [0.15, 0.2) is 17.1 Å². The molecule has 2 fully saturated rings. The molecule has 0 saturated carbocycles. The number of halogens is 1. The number of anilines is 1. The summed E-state index contributed by atoms with van der Waals surface area (Å²) in [5.41, 5.74) is 4.60. The van der Waals surface area contributed by atoms with Crippen molar-refractivity contribution in [3.05, 3.63) is 22.7 Å². The second kappa shape index (κ2) is 10.0. The predicted molar refractivity (Wildman–Crippen MR) is 105 cm³/mol. The summed E-state index contributed by atoms with van der Waals surface area (Å²) >= 11 is 0.837. The molecule has 8 atom stereocenters. The summed E-state index contributed by atoms with van der Waals surface area (Å²) in [7, 11) is -4.99. The van der Waals surface area contributed by atoms with Crippen molar-refractivity contribution in [1.82, 2.24) is 15.7 Å². The number of aliphatic hydroxyl groups is 2. The molecule has 0 spiro atoms. The Morgan fingerprint density at radius 3 is 2.83 bits per heavy atom. The Bertz CT molecular complexity index is 834. The first-order chi connectivity index (χ1) is 13.6. The number of ether oxygens (including phenoxy) is 1. The largest absolute Gasteiger partial charge is 0.756 e. The minimum atomic E-state index is -4.99. The Kier molecular flexibility index (Phi) is 8.41. The zero-order valence-corrected chi connectivity index (χ0v) is 18.1. The molecule has 1 aromatic heterocycles. The summed E-state index contributed by atoms with van der Waals surface area (Å²) in [6.45, 7) is 0.642. The zero-order valence-electron chi connectivity index (χ0n) is 16.4. The Morgan fingerprint density at radius 1 is 1.57 bits per heavy atom. The fraction of sp³-hybridized carbons (Fsp3) is 0.733. The topological polar surface area (TPSA) is 206 Å². The van der Waals surface area contributed by atoms with Crippen LogP contribution in [0, 0.1) is 0 Å². The number of rotatable bonds is 7. The Labute approximate surface area is 175 Å². The number of nitrogens with two attached hydrogens (primary N) is 1. The Morgan fingerprint density at radius 2 is 2.27 bits per heavy atom. The zero-order chi connectivity index (χ0) is 21.3. The quantitative estimate of drug-likeness (QED) is 0.374. The molecule has 172 valence electrons. The van der Waals surface area contributed by atoms with E-state index in [2.05, 4.69) is 4.98 Å². The van der Waals surface area contributed by atoms with E-state index in [-0.39, 0.29) is 18.1 Å². The van der Waals surface area contributed by atoms with E-state index in [0.29, 0.717) is 6.42 Å². The lowest BCUT2D eigenvalue weighted by Gasteiger charge is -2.30. The predicted octanol–water partition coefficient (Wildman–Crippen LogP) is -0.445. The van der Waals surface area contributed by atoms with Crippen molar-refractivity contribution in [3.8, 4) is 0 Å². The summed E-state index contributed by atoms with van der Waals surface area (Å²) in [6, 6.07) is 1.30. The molecule has 1 aromatic rings. The van der Waals surface area contributed by atoms with Crippen molar-refractivity contribution < 1.29 is 37.8 Å². The molecule has 3 rings (SSSR count). The molecule has 30 heavy (non-hydrogen) atoms. The standard InChI is InChI=1S/C15H23FN3O8PS.H3N/c1-7-4-8(21)9(26-7)6-25-28(23,24)27-13-10(5-20)29-14(12(13)16)19-3-2-11(17)18-15(19)22;/h2-3,7-10,12-14,20-21H,4-6H2,1H3,(H,23,24)(H2,17,18,22);1H3/t7-,8-,9+,10+,12-,13+,14+;/m0./s1. The van der Waals surface area contributed by atoms with Gasteiger partial charge in [0.25, 0.3) is 7.82 Å². The van der Waals surface area contributed by atoms with Crippen LogP contribution >= 0.6 is 19.6 Å². The number of aromatic nitrogens is 2. The highest BCUT2D eigenvalue weighted by molar-refractivity contribution is 8.00. The number of aliphatic hydroxyl groups excluding tert-OH is 2. The average Bonchev–Trinajstić information content (AvgIpc) is 3.12. The van der Waals surface area contributed by atoms with Gasteiger partial charge < -0.3 is 40.8 Å². The van der Waals surface area contributed by atoms with Gasteiger partial charge in [0.2, 0.25) is 0 Å². The van der Waals surface area contributed by atoms with Crippen LogP contribution in [0.25, 0.3) is 0 Å². The summed E-state index contributed by atoms with van der Waals surface area (Å²) in [5, 5.41) is 17.2. The normalized spacial score (nSPS) is 35.7. The molecule has 3 heterocycles. The van der Waals surface area contributed by atoms with E-state index in [1.807, 2.05) is 0 Å². The summed E-state index contributed by atoms with van der Waals surface area (Å²) in [4.78, 5) is 27.7. The number of phosphoric acid groups is 1. The number of quaternary nitrogens is 1. The van der Waals surface area contributed by atoms with E-state index in [1.165, 1.54) is 12.3 Å². The maximum atomic E-state index is 15.0. The van der Waals surface area contributed by atoms with Crippen molar-refractivity contribution in [2.24, 2.45) is 0 Å². The first-order valence-corrected chi connectivity index (χ1v) is 11.2. The van der Waals surface area contributed by atoms with Crippen LogP contribution in [0.4, 0.5) is 10.2 Å². The van der Waals surface area contributed by atoms with Gasteiger partial charge in [0.05, 0.1) is 30.7 Å². The van der Waals surface area contributed by atoms with Gasteiger partial charge in [-0.25, -0.2) is 9.18 Å². The third-order valence-corrected chi connectivity index (χ3v) is 7.13. The van der Waals surface area contributed by atoms with Crippen LogP contribution in [0.3, 0.4) is 0 Å². The number of nitrogens with zero attached hydrogens (tertiary/aromatic N) is 2. The monoisotopic (exact) mass is 472 g/mol. The van der Waals surface area contributed by atoms with Crippen molar-refractivity contribution >= 4 is 25.4 Å². The van der Waals surface area contributed by atoms with E-state index >= 15 is 0 Å². The highest BCUT2D eigenvalue weighted by Crippen LogP contribution is 2.51. The van der Waals surface area contributed by atoms with Crippen LogP contribution in [-0.4, -0.2) is 68.8 Å². The lowest BCUT2D eigenvalue weighted by molar-refractivity contribution is -0.234. The maximum absolute atomic E-state index is 15.0. The third kappa shape index (κ3) is 5.58. The SMILES string of the molecule is C[C@H]1C[C@H](O)[C@@H](COP(=O)([O-])O[C@H]2[C@H](F)[C@H](n3ccc(N)nc3=O)S[C@@H]2CO)O1.[NH4+]. The van der Waals surface area contributed by atoms with Gasteiger partial charge in [-0.2, -0.15) is 4.98 Å². The van der Waals surface area contributed by atoms with E-state index < -0.39 is 61.8 Å². The Hall–Kier alpha value is -1.09. The second-order valence-corrected chi connectivity index (χ2v) is 9.56. The van der Waals surface area contributed by atoms with Crippen LogP contribution in [-0.2, 0) is 18.3 Å². The van der Waals surface area contributed by atoms with Crippen molar-refractivity contribution in [1.29, 1.82) is 0 Å². The van der Waals surface area contributed by atoms with Crippen molar-refractivity contribution in [3.63, 3.8) is 0 Å². The molecular weight excluding hydrogens is 446 g/mol. The third-order valence-electron chi connectivity index (χ3n) is 4.63. The number of hydrogen-bond donors (Lipinski definition) is 4. The number of hydrogen-bond acceptors (Lipinski definition) is 11. The summed E-state index contributed by atoms with van der Waals surface area (Å²) < 4.78 is 43.1. The summed E-state index contributed by atoms with van der Waals surface area (Å²) in [6.07, 6.45) is -3.97. The fourth-order valence-corrected chi connectivity index (χ4v) is 5.68. The second-order valence-electron chi connectivity index (χ2n) is 6.84. The summed E-state index contributed by atoms with van der Waals surface area (Å²) in [5.74, 6) is -0.0424. The van der Waals surface area contributed by atoms with E-state index in [4.69, 9.17) is 19.5 Å². The van der Waals surface area contributed by atoms with E-state index in [1.54, 1.807) is 6.92 Å². The van der Waals surface area contributed by atoms with Crippen LogP contribution in [0.2, 0.25) is 0 Å². The highest BCUT2D eigenvalue weighted by atomic mass is 32.2. The number of thioether (sulfide) groups is 1. The molecular formula is C15H26FN4O8PS. The first-order valence-electron chi connectivity index (χ1n) is 8.84. The highest BCUT2D eigenvalue weighted by Gasteiger charge is 2.48. The molecule has 8 N–H and O–H groups in total. The minimum absolute atomic E-state index is 0. The molecule has 0 bridgehead atoms. The van der Waals surface area contributed by atoms with Gasteiger partial charge in [-0.3, -0.25) is 9.13 Å². The van der Waals surface area contributed by atoms with Crippen LogP contribution < -0.4 is 22.5 Å². The van der Waals surface area contributed by atoms with Gasteiger partial charge in [-0.1, -0.05) is 0 Å². The lowest BCUT2D eigenvalue weighted by Crippen LogP contribution is -2.36. The molecule has 12 nitrogen and oxygen atoms in total. The lowest BCUT2D eigenvalue weighted by atomic mass is 10.1. The average molecular weight is 472 g/mol. The Balaban J connectivity index is 0.00000320. The fourth-order valence-electron chi connectivity index (χ4n) is 3.24. The smallest absolute Gasteiger partial charge is 0.350 e. The molecule has 0 aromatic carbocycles. The van der Waals surface area contributed by atoms with E-state index in [9.17, 15) is 28.9 Å². The molecule has 0 radical (unpaired) electrons. The van der Waals surface area contributed by atoms with Gasteiger partial charge >= 0.3 is 5.69 Å². The number of alkyl halides is 1. The van der Waals surface area contributed by atoms with Gasteiger partial charge in [-0.05, 0) is 13.0 Å². The molecule has 0 aliphatic carbocycles. The molecule has 2 saturated heterocycles. The molecule has 0 amide bonds. The molecule has 15 heteroatoms. The molecule has 2 aliphatic rings. The molecule has 1 unspecified atom stereocenters. The van der Waals surface area contributed by atoms with Gasteiger partial charge in [0.1, 0.15) is 23.4 Å². The van der Waals surface area contributed by atoms with E-state index in [0.717, 1.165) is 16.3 Å².